The average molecular weight is 265 g/mol. The van der Waals surface area contributed by atoms with Gasteiger partial charge < -0.3 is 15.2 Å². The molecule has 1 aliphatic rings. The second kappa shape index (κ2) is 6.36. The molecule has 19 heavy (non-hydrogen) atoms. The van der Waals surface area contributed by atoms with E-state index in [-0.39, 0.29) is 12.5 Å². The molecule has 0 amide bonds. The third-order valence-corrected chi connectivity index (χ3v) is 2.98. The number of carbonyl (C=O) groups is 1. The molecular formula is C13H19N3O3. The van der Waals surface area contributed by atoms with Crippen molar-refractivity contribution in [2.24, 2.45) is 5.92 Å². The van der Waals surface area contributed by atoms with Gasteiger partial charge in [0.25, 0.3) is 0 Å². The van der Waals surface area contributed by atoms with Gasteiger partial charge in [0.15, 0.2) is 0 Å². The van der Waals surface area contributed by atoms with Crippen LogP contribution in [0.3, 0.4) is 0 Å². The van der Waals surface area contributed by atoms with Crippen LogP contribution in [0.1, 0.15) is 32.6 Å². The van der Waals surface area contributed by atoms with Crippen LogP contribution in [0, 0.1) is 5.92 Å². The van der Waals surface area contributed by atoms with Crippen LogP contribution in [-0.4, -0.2) is 33.7 Å². The van der Waals surface area contributed by atoms with E-state index in [1.165, 1.54) is 0 Å². The molecule has 6 heteroatoms. The largest absolute Gasteiger partial charge is 0.481 e. The second-order valence-electron chi connectivity index (χ2n) is 4.75. The van der Waals surface area contributed by atoms with E-state index >= 15 is 0 Å². The number of hydrogen-bond acceptors (Lipinski definition) is 5. The number of hydrogen-bond donors (Lipinski definition) is 2. The predicted molar refractivity (Wildman–Crippen MR) is 70.2 cm³/mol. The number of anilines is 1. The van der Waals surface area contributed by atoms with Gasteiger partial charge in [0.1, 0.15) is 0 Å². The molecule has 104 valence electrons. The Morgan fingerprint density at radius 3 is 3.05 bits per heavy atom. The lowest BCUT2D eigenvalue weighted by molar-refractivity contribution is -0.137. The van der Waals surface area contributed by atoms with E-state index in [9.17, 15) is 4.79 Å². The van der Waals surface area contributed by atoms with Gasteiger partial charge in [0, 0.05) is 18.3 Å². The van der Waals surface area contributed by atoms with Crippen LogP contribution < -0.4 is 10.1 Å². The Balaban J connectivity index is 1.97. The summed E-state index contributed by atoms with van der Waals surface area (Å²) in [6.07, 6.45) is 4.75. The number of nitrogens with one attached hydrogen (secondary N) is 1. The lowest BCUT2D eigenvalue weighted by Crippen LogP contribution is -2.26. The molecule has 1 aliphatic carbocycles. The first-order chi connectivity index (χ1) is 9.19. The van der Waals surface area contributed by atoms with Crippen LogP contribution in [0.4, 0.5) is 5.95 Å². The van der Waals surface area contributed by atoms with E-state index < -0.39 is 5.97 Å². The van der Waals surface area contributed by atoms with Crippen molar-refractivity contribution in [1.29, 1.82) is 0 Å². The molecule has 0 bridgehead atoms. The maximum atomic E-state index is 10.8. The molecule has 1 saturated carbocycles. The Morgan fingerprint density at radius 1 is 1.63 bits per heavy atom. The molecular weight excluding hydrogens is 246 g/mol. The van der Waals surface area contributed by atoms with Crippen molar-refractivity contribution in [1.82, 2.24) is 9.97 Å². The smallest absolute Gasteiger partial charge is 0.305 e. The number of nitrogens with zero attached hydrogens (tertiary/aromatic N) is 2. The molecule has 1 aromatic heterocycles. The molecule has 1 heterocycles. The molecule has 2 rings (SSSR count). The number of aromatic nitrogens is 2. The van der Waals surface area contributed by atoms with Crippen molar-refractivity contribution in [2.45, 2.75) is 38.6 Å². The first-order valence-corrected chi connectivity index (χ1v) is 6.63. The molecule has 0 radical (unpaired) electrons. The van der Waals surface area contributed by atoms with E-state index in [4.69, 9.17) is 9.84 Å². The SMILES string of the molecule is CCCOc1ccnc(NC(CC(=O)O)C2CC2)n1. The van der Waals surface area contributed by atoms with E-state index in [1.54, 1.807) is 12.3 Å². The first kappa shape index (κ1) is 13.6. The summed E-state index contributed by atoms with van der Waals surface area (Å²) in [6, 6.07) is 1.60. The maximum Gasteiger partial charge on any atom is 0.305 e. The highest BCUT2D eigenvalue weighted by Gasteiger charge is 2.33. The van der Waals surface area contributed by atoms with Gasteiger partial charge in [-0.25, -0.2) is 4.98 Å². The fourth-order valence-electron chi connectivity index (χ4n) is 1.89. The molecule has 1 atom stereocenters. The standard InChI is InChI=1S/C13H19N3O3/c1-2-7-19-11-5-6-14-13(16-11)15-10(8-12(17)18)9-3-4-9/h5-6,9-10H,2-4,7-8H2,1H3,(H,17,18)(H,14,15,16). The van der Waals surface area contributed by atoms with Crippen LogP contribution in [0.5, 0.6) is 5.88 Å². The van der Waals surface area contributed by atoms with Crippen molar-refractivity contribution in [3.63, 3.8) is 0 Å². The maximum absolute atomic E-state index is 10.8. The summed E-state index contributed by atoms with van der Waals surface area (Å²) in [6.45, 7) is 2.63. The third-order valence-electron chi connectivity index (χ3n) is 2.98. The Labute approximate surface area is 112 Å². The lowest BCUT2D eigenvalue weighted by atomic mass is 10.1. The van der Waals surface area contributed by atoms with Gasteiger partial charge in [0.05, 0.1) is 13.0 Å². The zero-order valence-corrected chi connectivity index (χ0v) is 11.0. The molecule has 1 fully saturated rings. The summed E-state index contributed by atoms with van der Waals surface area (Å²) < 4.78 is 5.43. The Hall–Kier alpha value is -1.85. The second-order valence-corrected chi connectivity index (χ2v) is 4.75. The summed E-state index contributed by atoms with van der Waals surface area (Å²) in [5.41, 5.74) is 0. The van der Waals surface area contributed by atoms with Crippen LogP contribution in [0.25, 0.3) is 0 Å². The van der Waals surface area contributed by atoms with Crippen molar-refractivity contribution in [3.05, 3.63) is 12.3 Å². The summed E-state index contributed by atoms with van der Waals surface area (Å²) in [7, 11) is 0. The number of carboxylic acids is 1. The van der Waals surface area contributed by atoms with Crippen LogP contribution >= 0.6 is 0 Å². The van der Waals surface area contributed by atoms with Crippen LogP contribution in [-0.2, 0) is 4.79 Å². The van der Waals surface area contributed by atoms with Gasteiger partial charge in [-0.15, -0.1) is 0 Å². The fourth-order valence-corrected chi connectivity index (χ4v) is 1.89. The molecule has 2 N–H and O–H groups in total. The highest BCUT2D eigenvalue weighted by Crippen LogP contribution is 2.35. The van der Waals surface area contributed by atoms with E-state index in [0.29, 0.717) is 24.4 Å². The molecule has 1 aromatic rings. The van der Waals surface area contributed by atoms with E-state index in [2.05, 4.69) is 15.3 Å². The number of carboxylic acid groups (broad SMARTS) is 1. The number of ether oxygens (including phenoxy) is 1. The Kier molecular flexibility index (Phi) is 4.54. The van der Waals surface area contributed by atoms with Crippen molar-refractivity contribution in [3.8, 4) is 5.88 Å². The molecule has 0 saturated heterocycles. The van der Waals surface area contributed by atoms with E-state index in [1.807, 2.05) is 6.92 Å². The van der Waals surface area contributed by atoms with Crippen LogP contribution in [0.15, 0.2) is 12.3 Å². The molecule has 6 nitrogen and oxygen atoms in total. The fraction of sp³-hybridized carbons (Fsp3) is 0.615. The molecule has 1 unspecified atom stereocenters. The van der Waals surface area contributed by atoms with Crippen molar-refractivity contribution >= 4 is 11.9 Å². The number of rotatable bonds is 8. The zero-order valence-electron chi connectivity index (χ0n) is 11.0. The highest BCUT2D eigenvalue weighted by atomic mass is 16.5. The van der Waals surface area contributed by atoms with Crippen molar-refractivity contribution in [2.75, 3.05) is 11.9 Å². The lowest BCUT2D eigenvalue weighted by Gasteiger charge is -2.16. The van der Waals surface area contributed by atoms with Gasteiger partial charge in [-0.2, -0.15) is 4.98 Å². The summed E-state index contributed by atoms with van der Waals surface area (Å²) in [5, 5.41) is 12.0. The quantitative estimate of drug-likeness (QED) is 0.747. The van der Waals surface area contributed by atoms with Gasteiger partial charge in [0.2, 0.25) is 11.8 Å². The number of aliphatic carboxylic acids is 1. The normalized spacial score (nSPS) is 15.8. The monoisotopic (exact) mass is 265 g/mol. The third kappa shape index (κ3) is 4.39. The summed E-state index contributed by atoms with van der Waals surface area (Å²) >= 11 is 0. The highest BCUT2D eigenvalue weighted by molar-refractivity contribution is 5.68. The summed E-state index contributed by atoms with van der Waals surface area (Å²) in [5.74, 6) is 0.568. The minimum Gasteiger partial charge on any atom is -0.481 e. The molecule has 0 aliphatic heterocycles. The first-order valence-electron chi connectivity index (χ1n) is 6.63. The predicted octanol–water partition coefficient (Wildman–Crippen LogP) is 1.93. The van der Waals surface area contributed by atoms with Gasteiger partial charge in [-0.3, -0.25) is 4.79 Å². The van der Waals surface area contributed by atoms with Gasteiger partial charge in [-0.05, 0) is 25.2 Å². The van der Waals surface area contributed by atoms with E-state index in [0.717, 1.165) is 19.3 Å². The topological polar surface area (TPSA) is 84.3 Å². The zero-order chi connectivity index (χ0) is 13.7. The average Bonchev–Trinajstić information content (AvgIpc) is 3.20. The molecule has 0 aromatic carbocycles. The molecule has 0 spiro atoms. The Morgan fingerprint density at radius 2 is 2.42 bits per heavy atom. The Bertz CT molecular complexity index is 435. The minimum atomic E-state index is -0.803. The minimum absolute atomic E-state index is 0.0913. The summed E-state index contributed by atoms with van der Waals surface area (Å²) in [4.78, 5) is 19.2. The van der Waals surface area contributed by atoms with Crippen molar-refractivity contribution < 1.29 is 14.6 Å². The van der Waals surface area contributed by atoms with Crippen LogP contribution in [0.2, 0.25) is 0 Å². The van der Waals surface area contributed by atoms with Gasteiger partial charge >= 0.3 is 5.97 Å². The van der Waals surface area contributed by atoms with Gasteiger partial charge in [-0.1, -0.05) is 6.92 Å².